The van der Waals surface area contributed by atoms with E-state index in [1.165, 1.54) is 19.3 Å². The first-order valence-corrected chi connectivity index (χ1v) is 9.32. The third-order valence-corrected chi connectivity index (χ3v) is 6.56. The average Bonchev–Trinajstić information content (AvgIpc) is 3.20. The van der Waals surface area contributed by atoms with E-state index in [1.54, 1.807) is 0 Å². The molecule has 126 valence electrons. The molecule has 2 aliphatic heterocycles. The first-order chi connectivity index (χ1) is 10.4. The van der Waals surface area contributed by atoms with Crippen LogP contribution < -0.4 is 0 Å². The molecule has 0 N–H and O–H groups in total. The minimum absolute atomic E-state index is 0.0515. The van der Waals surface area contributed by atoms with Gasteiger partial charge < -0.3 is 9.47 Å². The number of ether oxygens (including phenoxy) is 2. The van der Waals surface area contributed by atoms with E-state index in [9.17, 15) is 4.79 Å². The van der Waals surface area contributed by atoms with Crippen molar-refractivity contribution >= 4 is 5.97 Å². The van der Waals surface area contributed by atoms with Gasteiger partial charge in [-0.25, -0.2) is 0 Å². The van der Waals surface area contributed by atoms with Crippen molar-refractivity contribution in [1.29, 1.82) is 0 Å². The Balaban J connectivity index is 1.63. The van der Waals surface area contributed by atoms with Crippen LogP contribution in [-0.4, -0.2) is 23.8 Å². The van der Waals surface area contributed by atoms with Crippen LogP contribution in [0.2, 0.25) is 0 Å². The van der Waals surface area contributed by atoms with E-state index in [0.29, 0.717) is 30.0 Å². The summed E-state index contributed by atoms with van der Waals surface area (Å²) in [6, 6.07) is 0. The predicted octanol–water partition coefficient (Wildman–Crippen LogP) is 4.34. The van der Waals surface area contributed by atoms with Crippen molar-refractivity contribution in [2.24, 2.45) is 23.7 Å². The summed E-state index contributed by atoms with van der Waals surface area (Å²) < 4.78 is 12.0. The van der Waals surface area contributed by atoms with Crippen molar-refractivity contribution in [3.8, 4) is 0 Å². The zero-order chi connectivity index (χ0) is 15.9. The zero-order valence-corrected chi connectivity index (χ0v) is 14.6. The van der Waals surface area contributed by atoms with E-state index < -0.39 is 0 Å². The highest BCUT2D eigenvalue weighted by Crippen LogP contribution is 2.46. The van der Waals surface area contributed by atoms with Gasteiger partial charge in [0.2, 0.25) is 0 Å². The maximum atomic E-state index is 12.8. The molecule has 0 aromatic carbocycles. The Hall–Kier alpha value is -0.570. The van der Waals surface area contributed by atoms with E-state index in [-0.39, 0.29) is 17.5 Å². The fraction of sp³-hybridized carbons (Fsp3) is 0.947. The summed E-state index contributed by atoms with van der Waals surface area (Å²) in [6.45, 7) is 8.62. The Kier molecular flexibility index (Phi) is 4.55. The van der Waals surface area contributed by atoms with Crippen molar-refractivity contribution in [3.63, 3.8) is 0 Å². The number of esters is 1. The van der Waals surface area contributed by atoms with Crippen molar-refractivity contribution < 1.29 is 14.3 Å². The Morgan fingerprint density at radius 2 is 1.91 bits per heavy atom. The second-order valence-electron chi connectivity index (χ2n) is 8.26. The molecular formula is C19H32O3. The predicted molar refractivity (Wildman–Crippen MR) is 86.5 cm³/mol. The maximum Gasteiger partial charge on any atom is 0.309 e. The lowest BCUT2D eigenvalue weighted by atomic mass is 9.78. The van der Waals surface area contributed by atoms with Crippen LogP contribution >= 0.6 is 0 Å². The van der Waals surface area contributed by atoms with Crippen LogP contribution in [0.15, 0.2) is 0 Å². The van der Waals surface area contributed by atoms with Gasteiger partial charge in [0.25, 0.3) is 0 Å². The molecule has 0 radical (unpaired) electrons. The van der Waals surface area contributed by atoms with Crippen LogP contribution in [0.1, 0.15) is 72.6 Å². The third-order valence-electron chi connectivity index (χ3n) is 6.56. The van der Waals surface area contributed by atoms with Crippen LogP contribution in [0.4, 0.5) is 0 Å². The summed E-state index contributed by atoms with van der Waals surface area (Å²) in [6.07, 6.45) is 8.59. The van der Waals surface area contributed by atoms with E-state index in [2.05, 4.69) is 27.7 Å². The van der Waals surface area contributed by atoms with Gasteiger partial charge in [0.15, 0.2) is 0 Å². The van der Waals surface area contributed by atoms with Gasteiger partial charge in [-0.15, -0.1) is 0 Å². The molecule has 3 nitrogen and oxygen atoms in total. The molecule has 0 aromatic heterocycles. The van der Waals surface area contributed by atoms with Gasteiger partial charge in [-0.05, 0) is 57.8 Å². The van der Waals surface area contributed by atoms with Gasteiger partial charge in [-0.2, -0.15) is 0 Å². The summed E-state index contributed by atoms with van der Waals surface area (Å²) in [7, 11) is 0. The molecule has 3 aliphatic rings. The molecule has 22 heavy (non-hydrogen) atoms. The van der Waals surface area contributed by atoms with Crippen LogP contribution in [-0.2, 0) is 14.3 Å². The highest BCUT2D eigenvalue weighted by Gasteiger charge is 2.50. The van der Waals surface area contributed by atoms with Crippen LogP contribution in [0.25, 0.3) is 0 Å². The van der Waals surface area contributed by atoms with Crippen molar-refractivity contribution in [3.05, 3.63) is 0 Å². The molecule has 2 bridgehead atoms. The monoisotopic (exact) mass is 308 g/mol. The van der Waals surface area contributed by atoms with Crippen molar-refractivity contribution in [1.82, 2.24) is 0 Å². The second kappa shape index (κ2) is 6.14. The molecule has 3 rings (SSSR count). The Morgan fingerprint density at radius 1 is 1.14 bits per heavy atom. The lowest BCUT2D eigenvalue weighted by Crippen LogP contribution is -2.43. The van der Waals surface area contributed by atoms with Crippen LogP contribution in [0.3, 0.4) is 0 Å². The maximum absolute atomic E-state index is 12.8. The second-order valence-corrected chi connectivity index (χ2v) is 8.26. The summed E-state index contributed by atoms with van der Waals surface area (Å²) in [5, 5.41) is 0. The smallest absolute Gasteiger partial charge is 0.309 e. The minimum atomic E-state index is -0.389. The summed E-state index contributed by atoms with van der Waals surface area (Å²) in [5.41, 5.74) is -0.389. The zero-order valence-electron chi connectivity index (χ0n) is 14.6. The van der Waals surface area contributed by atoms with Gasteiger partial charge in [0.1, 0.15) is 5.60 Å². The summed E-state index contributed by atoms with van der Waals surface area (Å²) in [5.74, 6) is 1.77. The van der Waals surface area contributed by atoms with Gasteiger partial charge in [-0.3, -0.25) is 4.79 Å². The lowest BCUT2D eigenvalue weighted by molar-refractivity contribution is -0.170. The fourth-order valence-corrected chi connectivity index (χ4v) is 5.09. The average molecular weight is 308 g/mol. The first-order valence-electron chi connectivity index (χ1n) is 9.32. The molecule has 2 heterocycles. The quantitative estimate of drug-likeness (QED) is 0.709. The standard InChI is InChI=1S/C19H32O3/c1-5-12-9-13(6-2)15(10-12)18(20)22-19(3,4)16-11-14-7-8-17(16)21-14/h12-17H,5-11H2,1-4H3. The molecule has 0 aromatic rings. The van der Waals surface area contributed by atoms with Gasteiger partial charge in [-0.1, -0.05) is 26.7 Å². The molecule has 3 fully saturated rings. The Labute approximate surface area is 135 Å². The summed E-state index contributed by atoms with van der Waals surface area (Å²) >= 11 is 0. The van der Waals surface area contributed by atoms with E-state index in [4.69, 9.17) is 9.47 Å². The largest absolute Gasteiger partial charge is 0.459 e. The molecule has 6 atom stereocenters. The molecule has 6 unspecified atom stereocenters. The number of hydrogen-bond acceptors (Lipinski definition) is 3. The number of carbonyl (C=O) groups excluding carboxylic acids is 1. The van der Waals surface area contributed by atoms with Gasteiger partial charge in [0, 0.05) is 5.92 Å². The van der Waals surface area contributed by atoms with E-state index in [0.717, 1.165) is 25.7 Å². The molecule has 0 amide bonds. The van der Waals surface area contributed by atoms with Gasteiger partial charge >= 0.3 is 5.97 Å². The number of carbonyl (C=O) groups is 1. The van der Waals surface area contributed by atoms with Crippen molar-refractivity contribution in [2.45, 2.75) is 90.4 Å². The molecule has 0 spiro atoms. The van der Waals surface area contributed by atoms with E-state index in [1.807, 2.05) is 0 Å². The van der Waals surface area contributed by atoms with Crippen LogP contribution in [0, 0.1) is 23.7 Å². The Morgan fingerprint density at radius 3 is 2.45 bits per heavy atom. The molecular weight excluding hydrogens is 276 g/mol. The van der Waals surface area contributed by atoms with Crippen LogP contribution in [0.5, 0.6) is 0 Å². The highest BCUT2D eigenvalue weighted by atomic mass is 16.6. The van der Waals surface area contributed by atoms with Gasteiger partial charge in [0.05, 0.1) is 18.1 Å². The number of hydrogen-bond donors (Lipinski definition) is 0. The molecule has 1 aliphatic carbocycles. The van der Waals surface area contributed by atoms with E-state index >= 15 is 0 Å². The van der Waals surface area contributed by atoms with Crippen molar-refractivity contribution in [2.75, 3.05) is 0 Å². The lowest BCUT2D eigenvalue weighted by Gasteiger charge is -2.36. The number of fused-ring (bicyclic) bond motifs is 2. The fourth-order valence-electron chi connectivity index (χ4n) is 5.09. The Bertz CT molecular complexity index is 417. The topological polar surface area (TPSA) is 35.5 Å². The third kappa shape index (κ3) is 2.93. The molecule has 3 heteroatoms. The summed E-state index contributed by atoms with van der Waals surface area (Å²) in [4.78, 5) is 12.8. The highest BCUT2D eigenvalue weighted by molar-refractivity contribution is 5.73. The molecule has 1 saturated carbocycles. The minimum Gasteiger partial charge on any atom is -0.459 e. The normalized spacial score (nSPS) is 41.1. The molecule has 2 saturated heterocycles. The SMILES string of the molecule is CCC1CC(CC)C(C(=O)OC(C)(C)C2CC3CCC2O3)C1. The first kappa shape index (κ1) is 16.3. The number of rotatable bonds is 5.